The Labute approximate surface area is 95.8 Å². The first-order chi connectivity index (χ1) is 7.68. The Morgan fingerprint density at radius 2 is 2.00 bits per heavy atom. The summed E-state index contributed by atoms with van der Waals surface area (Å²) >= 11 is 0. The van der Waals surface area contributed by atoms with E-state index >= 15 is 0 Å². The lowest BCUT2D eigenvalue weighted by molar-refractivity contribution is -0.118. The van der Waals surface area contributed by atoms with Crippen LogP contribution in [0.15, 0.2) is 24.3 Å². The molecule has 1 aromatic rings. The summed E-state index contributed by atoms with van der Waals surface area (Å²) < 4.78 is 5.50. The summed E-state index contributed by atoms with van der Waals surface area (Å²) in [4.78, 5) is 10.6. The van der Waals surface area contributed by atoms with Gasteiger partial charge in [-0.25, -0.2) is 0 Å². The van der Waals surface area contributed by atoms with Crippen LogP contribution in [0.1, 0.15) is 19.8 Å². The molecule has 1 aromatic carbocycles. The van der Waals surface area contributed by atoms with E-state index in [1.54, 1.807) is 0 Å². The van der Waals surface area contributed by atoms with Crippen LogP contribution < -0.4 is 15.8 Å². The molecule has 0 heterocycles. The maximum absolute atomic E-state index is 10.6. The molecule has 0 spiro atoms. The van der Waals surface area contributed by atoms with E-state index in [0.29, 0.717) is 13.2 Å². The summed E-state index contributed by atoms with van der Waals surface area (Å²) in [6.07, 6.45) is 1.85. The molecule has 4 nitrogen and oxygen atoms in total. The molecule has 0 aliphatic heterocycles. The summed E-state index contributed by atoms with van der Waals surface area (Å²) in [5.41, 5.74) is 6.29. The monoisotopic (exact) mass is 222 g/mol. The van der Waals surface area contributed by atoms with Crippen molar-refractivity contribution in [3.05, 3.63) is 24.3 Å². The number of amides is 1. The van der Waals surface area contributed by atoms with Crippen molar-refractivity contribution < 1.29 is 9.53 Å². The Bertz CT molecular complexity index is 322. The molecule has 1 rings (SSSR count). The number of anilines is 1. The summed E-state index contributed by atoms with van der Waals surface area (Å²) in [5.74, 6) is 0.841. The minimum Gasteiger partial charge on any atom is -0.494 e. The number of ether oxygens (including phenoxy) is 1. The van der Waals surface area contributed by atoms with Crippen molar-refractivity contribution in [1.82, 2.24) is 5.32 Å². The van der Waals surface area contributed by atoms with Gasteiger partial charge in [0, 0.05) is 19.2 Å². The number of unbranched alkanes of at least 4 members (excludes halogenated alkanes) is 1. The van der Waals surface area contributed by atoms with Crippen LogP contribution >= 0.6 is 0 Å². The molecule has 0 aromatic heterocycles. The quantitative estimate of drug-likeness (QED) is 0.567. The van der Waals surface area contributed by atoms with E-state index in [4.69, 9.17) is 10.5 Å². The molecule has 0 bridgehead atoms. The highest BCUT2D eigenvalue weighted by Gasteiger charge is 1.94. The Hall–Kier alpha value is -1.71. The van der Waals surface area contributed by atoms with Crippen molar-refractivity contribution in [1.29, 1.82) is 0 Å². The Morgan fingerprint density at radius 3 is 2.62 bits per heavy atom. The van der Waals surface area contributed by atoms with Crippen LogP contribution in [0.3, 0.4) is 0 Å². The predicted molar refractivity (Wildman–Crippen MR) is 64.3 cm³/mol. The van der Waals surface area contributed by atoms with Crippen LogP contribution in [0, 0.1) is 0 Å². The van der Waals surface area contributed by atoms with Crippen molar-refractivity contribution in [2.45, 2.75) is 19.8 Å². The van der Waals surface area contributed by atoms with Gasteiger partial charge in [-0.05, 0) is 37.1 Å². The second kappa shape index (κ2) is 6.71. The molecule has 0 aliphatic carbocycles. The molecule has 0 aliphatic rings. The topological polar surface area (TPSA) is 64.3 Å². The zero-order valence-corrected chi connectivity index (χ0v) is 9.53. The highest BCUT2D eigenvalue weighted by Crippen LogP contribution is 2.13. The van der Waals surface area contributed by atoms with Gasteiger partial charge in [-0.1, -0.05) is 0 Å². The lowest BCUT2D eigenvalue weighted by Gasteiger charge is -2.06. The third kappa shape index (κ3) is 5.24. The van der Waals surface area contributed by atoms with Gasteiger partial charge in [-0.2, -0.15) is 0 Å². The minimum absolute atomic E-state index is 0.0134. The van der Waals surface area contributed by atoms with Crippen LogP contribution in [0.2, 0.25) is 0 Å². The molecule has 0 radical (unpaired) electrons. The summed E-state index contributed by atoms with van der Waals surface area (Å²) in [7, 11) is 0. The highest BCUT2D eigenvalue weighted by molar-refractivity contribution is 5.72. The van der Waals surface area contributed by atoms with Crippen LogP contribution in [0.25, 0.3) is 0 Å². The number of hydrogen-bond acceptors (Lipinski definition) is 3. The molecular weight excluding hydrogens is 204 g/mol. The Kier molecular flexibility index (Phi) is 5.19. The first kappa shape index (κ1) is 12.4. The van der Waals surface area contributed by atoms with Crippen molar-refractivity contribution in [3.63, 3.8) is 0 Å². The summed E-state index contributed by atoms with van der Waals surface area (Å²) in [6, 6.07) is 7.32. The lowest BCUT2D eigenvalue weighted by atomic mass is 10.3. The first-order valence-electron chi connectivity index (χ1n) is 5.41. The molecule has 88 valence electrons. The average Bonchev–Trinajstić information content (AvgIpc) is 2.25. The molecule has 0 fully saturated rings. The normalized spacial score (nSPS) is 9.81. The van der Waals surface area contributed by atoms with Gasteiger partial charge < -0.3 is 15.8 Å². The number of benzene rings is 1. The highest BCUT2D eigenvalue weighted by atomic mass is 16.5. The largest absolute Gasteiger partial charge is 0.494 e. The van der Waals surface area contributed by atoms with Gasteiger partial charge in [0.2, 0.25) is 5.91 Å². The van der Waals surface area contributed by atoms with Gasteiger partial charge >= 0.3 is 0 Å². The number of carbonyl (C=O) groups excluding carboxylic acids is 1. The van der Waals surface area contributed by atoms with Crippen LogP contribution in [-0.4, -0.2) is 19.1 Å². The molecule has 0 atom stereocenters. The van der Waals surface area contributed by atoms with E-state index in [1.165, 1.54) is 6.92 Å². The van der Waals surface area contributed by atoms with E-state index in [-0.39, 0.29) is 5.91 Å². The zero-order valence-electron chi connectivity index (χ0n) is 9.53. The number of nitrogens with two attached hydrogens (primary N) is 1. The Balaban J connectivity index is 2.07. The third-order valence-electron chi connectivity index (χ3n) is 2.09. The molecule has 0 unspecified atom stereocenters. The van der Waals surface area contributed by atoms with Crippen LogP contribution in [-0.2, 0) is 4.79 Å². The summed E-state index contributed by atoms with van der Waals surface area (Å²) in [6.45, 7) is 2.88. The standard InChI is InChI=1S/C12H18N2O2/c1-10(15)14-8-2-3-9-16-12-6-4-11(13)5-7-12/h4-7H,2-3,8-9,13H2,1H3,(H,14,15). The van der Waals surface area contributed by atoms with Gasteiger partial charge in [0.25, 0.3) is 0 Å². The average molecular weight is 222 g/mol. The van der Waals surface area contributed by atoms with Gasteiger partial charge in [-0.15, -0.1) is 0 Å². The lowest BCUT2D eigenvalue weighted by Crippen LogP contribution is -2.21. The maximum Gasteiger partial charge on any atom is 0.216 e. The molecule has 1 amide bonds. The zero-order chi connectivity index (χ0) is 11.8. The van der Waals surface area contributed by atoms with Crippen molar-refractivity contribution >= 4 is 11.6 Å². The minimum atomic E-state index is 0.0134. The molecular formula is C12H18N2O2. The maximum atomic E-state index is 10.6. The molecule has 0 saturated heterocycles. The number of nitrogens with one attached hydrogen (secondary N) is 1. The van der Waals surface area contributed by atoms with Crippen molar-refractivity contribution in [3.8, 4) is 5.75 Å². The molecule has 4 heteroatoms. The van der Waals surface area contributed by atoms with E-state index in [2.05, 4.69) is 5.32 Å². The van der Waals surface area contributed by atoms with Crippen molar-refractivity contribution in [2.24, 2.45) is 0 Å². The van der Waals surface area contributed by atoms with Gasteiger partial charge in [0.1, 0.15) is 5.75 Å². The second-order valence-electron chi connectivity index (χ2n) is 3.61. The first-order valence-corrected chi connectivity index (χ1v) is 5.41. The molecule has 0 saturated carbocycles. The van der Waals surface area contributed by atoms with E-state index < -0.39 is 0 Å². The number of nitrogen functional groups attached to an aromatic ring is 1. The fourth-order valence-electron chi connectivity index (χ4n) is 1.25. The fourth-order valence-corrected chi connectivity index (χ4v) is 1.25. The van der Waals surface area contributed by atoms with E-state index in [9.17, 15) is 4.79 Å². The Morgan fingerprint density at radius 1 is 1.31 bits per heavy atom. The fraction of sp³-hybridized carbons (Fsp3) is 0.417. The SMILES string of the molecule is CC(=O)NCCCCOc1ccc(N)cc1. The van der Waals surface area contributed by atoms with Gasteiger partial charge in [0.05, 0.1) is 6.61 Å². The smallest absolute Gasteiger partial charge is 0.216 e. The second-order valence-corrected chi connectivity index (χ2v) is 3.61. The third-order valence-corrected chi connectivity index (χ3v) is 2.09. The van der Waals surface area contributed by atoms with E-state index in [1.807, 2.05) is 24.3 Å². The number of carbonyl (C=O) groups is 1. The van der Waals surface area contributed by atoms with Gasteiger partial charge in [-0.3, -0.25) is 4.79 Å². The number of rotatable bonds is 6. The van der Waals surface area contributed by atoms with Gasteiger partial charge in [0.15, 0.2) is 0 Å². The summed E-state index contributed by atoms with van der Waals surface area (Å²) in [5, 5.41) is 2.74. The van der Waals surface area contributed by atoms with Crippen LogP contribution in [0.5, 0.6) is 5.75 Å². The number of hydrogen-bond donors (Lipinski definition) is 2. The van der Waals surface area contributed by atoms with E-state index in [0.717, 1.165) is 24.3 Å². The van der Waals surface area contributed by atoms with Crippen LogP contribution in [0.4, 0.5) is 5.69 Å². The molecule has 16 heavy (non-hydrogen) atoms. The van der Waals surface area contributed by atoms with Crippen molar-refractivity contribution in [2.75, 3.05) is 18.9 Å². The predicted octanol–water partition coefficient (Wildman–Crippen LogP) is 1.56. The molecule has 3 N–H and O–H groups in total.